The van der Waals surface area contributed by atoms with Gasteiger partial charge in [-0.15, -0.1) is 0 Å². The molecule has 2 aliphatic rings. The minimum atomic E-state index is -5.12. The summed E-state index contributed by atoms with van der Waals surface area (Å²) < 4.78 is 49.1. The number of hydrogen-bond donors (Lipinski definition) is 4. The van der Waals surface area contributed by atoms with E-state index in [1.165, 1.54) is 16.0 Å². The predicted molar refractivity (Wildman–Crippen MR) is 185 cm³/mol. The van der Waals surface area contributed by atoms with E-state index in [9.17, 15) is 42.6 Å². The number of thiazole rings is 1. The molecule has 2 aliphatic heterocycles. The van der Waals surface area contributed by atoms with E-state index in [0.29, 0.717) is 34.5 Å². The molecule has 2 amide bonds. The number of piperidine rings is 1. The Hall–Kier alpha value is -4.97. The second-order valence-electron chi connectivity index (χ2n) is 12.4. The second kappa shape index (κ2) is 15.7. The molecule has 17 heteroatoms. The van der Waals surface area contributed by atoms with Crippen LogP contribution in [-0.4, -0.2) is 101 Å². The molecule has 0 bridgehead atoms. The van der Waals surface area contributed by atoms with Gasteiger partial charge in [-0.3, -0.25) is 9.59 Å². The number of phenolic OH excluding ortho intramolecular Hbond substituents is 1. The van der Waals surface area contributed by atoms with E-state index in [-0.39, 0.29) is 61.2 Å². The van der Waals surface area contributed by atoms with E-state index < -0.39 is 43.0 Å². The summed E-state index contributed by atoms with van der Waals surface area (Å²) in [6.07, 6.45) is -7.35. The standard InChI is InChI=1S/C35H36F3N5O8S/c36-35(37,38)32(47)51-23-13-16-42(17-14-23)43(26-9-5-4-8-24(26)21-6-2-1-3-7-21)34(49)50-20-29(46)41-15-12-22(19-41)39-18-28(45)25-10-11-27(44)30-31(25)52-33(48)40-30/h1-11,22-23,28,39,44-45H,12-20H2,(H,40,48)/t22-,28-/m1/s1. The molecule has 4 aromatic rings. The molecule has 52 heavy (non-hydrogen) atoms. The average molecular weight is 744 g/mol. The number of aromatic hydroxyl groups is 1. The van der Waals surface area contributed by atoms with Crippen LogP contribution >= 0.6 is 11.3 Å². The molecule has 276 valence electrons. The number of ether oxygens (including phenoxy) is 2. The number of halogens is 3. The van der Waals surface area contributed by atoms with Gasteiger partial charge >= 0.3 is 23.1 Å². The number of aliphatic hydroxyl groups is 1. The molecule has 2 atom stereocenters. The quantitative estimate of drug-likeness (QED) is 0.172. The van der Waals surface area contributed by atoms with Gasteiger partial charge in [-0.25, -0.2) is 19.6 Å². The van der Waals surface area contributed by atoms with Gasteiger partial charge in [0.15, 0.2) is 6.61 Å². The van der Waals surface area contributed by atoms with Crippen molar-refractivity contribution in [2.45, 2.75) is 43.7 Å². The maximum Gasteiger partial charge on any atom is 0.490 e. The highest BCUT2D eigenvalue weighted by atomic mass is 32.1. The van der Waals surface area contributed by atoms with Gasteiger partial charge in [-0.1, -0.05) is 65.9 Å². The zero-order valence-corrected chi connectivity index (χ0v) is 28.5. The lowest BCUT2D eigenvalue weighted by Gasteiger charge is -2.39. The number of benzene rings is 3. The SMILES string of the molecule is O=C(COC(=O)N(c1ccccc1-c1ccccc1)N1CCC(OC(=O)C(F)(F)F)CC1)N1CC[C@@H](NC[C@@H](O)c2ccc(O)c3[nH]c(=O)sc23)C1. The fraction of sp³-hybridized carbons (Fsp3) is 0.371. The fourth-order valence-electron chi connectivity index (χ4n) is 6.38. The van der Waals surface area contributed by atoms with Crippen molar-refractivity contribution in [3.05, 3.63) is 82.0 Å². The number of phenols is 1. The first kappa shape index (κ1) is 36.8. The number of alkyl halides is 3. The maximum atomic E-state index is 13.8. The second-order valence-corrected chi connectivity index (χ2v) is 13.4. The van der Waals surface area contributed by atoms with Crippen LogP contribution in [0.15, 0.2) is 71.5 Å². The van der Waals surface area contributed by atoms with Crippen LogP contribution in [-0.2, 0) is 19.1 Å². The maximum absolute atomic E-state index is 13.8. The van der Waals surface area contributed by atoms with E-state index >= 15 is 0 Å². The lowest BCUT2D eigenvalue weighted by atomic mass is 10.0. The lowest BCUT2D eigenvalue weighted by molar-refractivity contribution is -0.206. The number of aromatic nitrogens is 1. The van der Waals surface area contributed by atoms with Crippen LogP contribution < -0.4 is 15.2 Å². The van der Waals surface area contributed by atoms with Crippen molar-refractivity contribution in [2.75, 3.05) is 44.3 Å². The number of amides is 2. The summed E-state index contributed by atoms with van der Waals surface area (Å²) in [5.41, 5.74) is 2.63. The van der Waals surface area contributed by atoms with Crippen molar-refractivity contribution in [2.24, 2.45) is 0 Å². The number of carbonyl (C=O) groups is 3. The molecule has 3 aromatic carbocycles. The molecule has 4 N–H and O–H groups in total. The largest absolute Gasteiger partial charge is 0.506 e. The van der Waals surface area contributed by atoms with Gasteiger partial charge in [0.25, 0.3) is 5.91 Å². The molecular weight excluding hydrogens is 707 g/mol. The number of nitrogens with zero attached hydrogens (tertiary/aromatic N) is 3. The first-order chi connectivity index (χ1) is 24.9. The number of para-hydroxylation sites is 1. The Bertz CT molecular complexity index is 1970. The summed E-state index contributed by atoms with van der Waals surface area (Å²) in [5.74, 6) is -2.80. The Morgan fingerprint density at radius 3 is 2.44 bits per heavy atom. The molecule has 0 aliphatic carbocycles. The number of H-pyrrole nitrogens is 1. The molecule has 1 aromatic heterocycles. The number of hydrazine groups is 1. The number of carbonyl (C=O) groups excluding carboxylic acids is 3. The molecule has 3 heterocycles. The lowest BCUT2D eigenvalue weighted by Crippen LogP contribution is -2.52. The highest BCUT2D eigenvalue weighted by Gasteiger charge is 2.43. The molecule has 0 spiro atoms. The third-order valence-electron chi connectivity index (χ3n) is 9.00. The van der Waals surface area contributed by atoms with Crippen LogP contribution in [0.2, 0.25) is 0 Å². The molecular formula is C35H36F3N5O8S. The van der Waals surface area contributed by atoms with E-state index in [1.54, 1.807) is 29.3 Å². The molecule has 0 radical (unpaired) electrons. The van der Waals surface area contributed by atoms with Crippen LogP contribution in [0.3, 0.4) is 0 Å². The van der Waals surface area contributed by atoms with Gasteiger partial charge in [-0.05, 0) is 37.0 Å². The summed E-state index contributed by atoms with van der Waals surface area (Å²) in [6.45, 7) is 0.330. The fourth-order valence-corrected chi connectivity index (χ4v) is 7.30. The first-order valence-electron chi connectivity index (χ1n) is 16.6. The zero-order chi connectivity index (χ0) is 37.0. The van der Waals surface area contributed by atoms with Crippen LogP contribution in [0.4, 0.5) is 23.7 Å². The molecule has 13 nitrogen and oxygen atoms in total. The molecule has 2 fully saturated rings. The normalized spacial score (nSPS) is 17.6. The minimum absolute atomic E-state index is 0.0258. The average Bonchev–Trinajstić information content (AvgIpc) is 3.78. The molecule has 0 saturated carbocycles. The number of aliphatic hydroxyl groups excluding tert-OH is 1. The summed E-state index contributed by atoms with van der Waals surface area (Å²) in [5, 5.41) is 27.0. The summed E-state index contributed by atoms with van der Waals surface area (Å²) in [7, 11) is 0. The zero-order valence-electron chi connectivity index (χ0n) is 27.7. The van der Waals surface area contributed by atoms with E-state index in [4.69, 9.17) is 4.74 Å². The minimum Gasteiger partial charge on any atom is -0.506 e. The first-order valence-corrected chi connectivity index (χ1v) is 17.4. The summed E-state index contributed by atoms with van der Waals surface area (Å²) in [4.78, 5) is 54.1. The van der Waals surface area contributed by atoms with Gasteiger partial charge in [-0.2, -0.15) is 13.2 Å². The van der Waals surface area contributed by atoms with E-state index in [2.05, 4.69) is 15.0 Å². The Kier molecular flexibility index (Phi) is 11.1. The number of rotatable bonds is 10. The van der Waals surface area contributed by atoms with Gasteiger partial charge in [0.1, 0.15) is 17.4 Å². The Morgan fingerprint density at radius 1 is 1.00 bits per heavy atom. The van der Waals surface area contributed by atoms with Gasteiger partial charge in [0.05, 0.1) is 16.5 Å². The third-order valence-corrected chi connectivity index (χ3v) is 9.93. The van der Waals surface area contributed by atoms with Gasteiger partial charge < -0.3 is 34.9 Å². The number of aromatic amines is 1. The smallest absolute Gasteiger partial charge is 0.490 e. The van der Waals surface area contributed by atoms with Gasteiger partial charge in [0.2, 0.25) is 0 Å². The van der Waals surface area contributed by atoms with Crippen molar-refractivity contribution in [1.82, 2.24) is 20.2 Å². The number of esters is 1. The van der Waals surface area contributed by atoms with Crippen LogP contribution in [0.5, 0.6) is 5.75 Å². The number of hydrogen-bond acceptors (Lipinski definition) is 11. The van der Waals surface area contributed by atoms with Crippen LogP contribution in [0, 0.1) is 0 Å². The highest BCUT2D eigenvalue weighted by molar-refractivity contribution is 7.16. The van der Waals surface area contributed by atoms with Crippen LogP contribution in [0.1, 0.15) is 30.9 Å². The number of anilines is 1. The summed E-state index contributed by atoms with van der Waals surface area (Å²) >= 11 is 0.888. The predicted octanol–water partition coefficient (Wildman–Crippen LogP) is 4.31. The van der Waals surface area contributed by atoms with E-state index in [1.807, 2.05) is 36.4 Å². The Balaban J connectivity index is 1.09. The molecule has 6 rings (SSSR count). The number of nitrogens with one attached hydrogen (secondary N) is 2. The third kappa shape index (κ3) is 8.39. The molecule has 0 unspecified atom stereocenters. The highest BCUT2D eigenvalue weighted by Crippen LogP contribution is 2.34. The van der Waals surface area contributed by atoms with Gasteiger partial charge in [0, 0.05) is 49.9 Å². The Morgan fingerprint density at radius 2 is 1.71 bits per heavy atom. The number of fused-ring (bicyclic) bond motifs is 1. The topological polar surface area (TPSA) is 165 Å². The molecule has 2 saturated heterocycles. The van der Waals surface area contributed by atoms with Crippen LogP contribution in [0.25, 0.3) is 21.3 Å². The van der Waals surface area contributed by atoms with Crippen molar-refractivity contribution in [3.8, 4) is 16.9 Å². The Labute approximate surface area is 299 Å². The van der Waals surface area contributed by atoms with Crippen molar-refractivity contribution >= 4 is 45.2 Å². The van der Waals surface area contributed by atoms with Crippen molar-refractivity contribution < 1.29 is 47.2 Å². The van der Waals surface area contributed by atoms with Crippen molar-refractivity contribution in [3.63, 3.8) is 0 Å². The number of likely N-dealkylation sites (tertiary alicyclic amines) is 1. The summed E-state index contributed by atoms with van der Waals surface area (Å²) in [6, 6.07) is 19.1. The monoisotopic (exact) mass is 743 g/mol. The van der Waals surface area contributed by atoms with Crippen molar-refractivity contribution in [1.29, 1.82) is 0 Å². The van der Waals surface area contributed by atoms with E-state index in [0.717, 1.165) is 16.9 Å².